The highest BCUT2D eigenvalue weighted by atomic mass is 35.5. The molecule has 0 saturated carbocycles. The quantitative estimate of drug-likeness (QED) is 0.783. The summed E-state index contributed by atoms with van der Waals surface area (Å²) in [5.41, 5.74) is 6.49. The molecule has 1 aromatic carbocycles. The van der Waals surface area contributed by atoms with Gasteiger partial charge in [0.2, 0.25) is 0 Å². The molecule has 142 valence electrons. The van der Waals surface area contributed by atoms with Crippen LogP contribution in [0.2, 0.25) is 5.02 Å². The van der Waals surface area contributed by atoms with Crippen molar-refractivity contribution in [3.8, 4) is 18.2 Å². The molecule has 2 aliphatic rings. The van der Waals surface area contributed by atoms with E-state index < -0.39 is 11.3 Å². The molecule has 28 heavy (non-hydrogen) atoms. The van der Waals surface area contributed by atoms with Gasteiger partial charge in [-0.1, -0.05) is 29.8 Å². The van der Waals surface area contributed by atoms with E-state index >= 15 is 0 Å². The zero-order valence-corrected chi connectivity index (χ0v) is 17.0. The molecule has 0 aromatic heterocycles. The van der Waals surface area contributed by atoms with Gasteiger partial charge in [0.1, 0.15) is 6.07 Å². The van der Waals surface area contributed by atoms with E-state index in [9.17, 15) is 15.8 Å². The number of rotatable bonds is 1. The number of benzene rings is 1. The number of halogens is 1. The number of nitriles is 3. The summed E-state index contributed by atoms with van der Waals surface area (Å²) in [5.74, 6) is -0.734. The first-order valence-corrected chi connectivity index (χ1v) is 9.51. The molecule has 1 aromatic rings. The van der Waals surface area contributed by atoms with Crippen LogP contribution in [0.5, 0.6) is 0 Å². The molecule has 0 fully saturated rings. The maximum Gasteiger partial charge on any atom is 0.191 e. The zero-order chi connectivity index (χ0) is 20.7. The second-order valence-corrected chi connectivity index (χ2v) is 8.74. The number of allylic oxidation sites excluding steroid dienone is 2. The average Bonchev–Trinajstić information content (AvgIpc) is 2.66. The molecule has 1 heterocycles. The number of hydrogen-bond donors (Lipinski definition) is 1. The molecule has 0 amide bonds. The first-order valence-electron chi connectivity index (χ1n) is 9.13. The second-order valence-electron chi connectivity index (χ2n) is 8.31. The lowest BCUT2D eigenvalue weighted by Crippen LogP contribution is -2.52. The van der Waals surface area contributed by atoms with Crippen LogP contribution in [0.4, 0.5) is 0 Å². The maximum atomic E-state index is 10.1. The van der Waals surface area contributed by atoms with E-state index in [2.05, 4.69) is 43.9 Å². The molecule has 0 spiro atoms. The van der Waals surface area contributed by atoms with Crippen LogP contribution in [0.1, 0.15) is 32.3 Å². The van der Waals surface area contributed by atoms with Crippen molar-refractivity contribution in [2.24, 2.45) is 17.1 Å². The summed E-state index contributed by atoms with van der Waals surface area (Å²) >= 11 is 6.23. The van der Waals surface area contributed by atoms with E-state index in [1.54, 1.807) is 12.1 Å². The van der Waals surface area contributed by atoms with Crippen molar-refractivity contribution in [1.29, 1.82) is 15.8 Å². The maximum absolute atomic E-state index is 10.1. The fraction of sp³-hybridized carbons (Fsp3) is 0.409. The van der Waals surface area contributed by atoms with Crippen molar-refractivity contribution in [1.82, 2.24) is 4.90 Å². The van der Waals surface area contributed by atoms with E-state index in [0.717, 1.165) is 11.1 Å². The van der Waals surface area contributed by atoms with Gasteiger partial charge in [0.25, 0.3) is 0 Å². The largest absolute Gasteiger partial charge is 0.399 e. The Morgan fingerprint density at radius 3 is 2.43 bits per heavy atom. The fourth-order valence-electron chi connectivity index (χ4n) is 4.30. The van der Waals surface area contributed by atoms with Crippen LogP contribution in [-0.4, -0.2) is 23.5 Å². The topological polar surface area (TPSA) is 101 Å². The Bertz CT molecular complexity index is 979. The Kier molecular flexibility index (Phi) is 4.99. The Balaban J connectivity index is 2.31. The van der Waals surface area contributed by atoms with E-state index in [1.807, 2.05) is 18.2 Å². The van der Waals surface area contributed by atoms with Gasteiger partial charge in [-0.05, 0) is 44.0 Å². The monoisotopic (exact) mass is 391 g/mol. The van der Waals surface area contributed by atoms with Crippen molar-refractivity contribution in [2.45, 2.75) is 32.2 Å². The minimum absolute atomic E-state index is 0.0386. The normalized spacial score (nSPS) is 24.4. The van der Waals surface area contributed by atoms with Crippen LogP contribution < -0.4 is 5.73 Å². The Labute approximate surface area is 170 Å². The first-order chi connectivity index (χ1) is 13.2. The van der Waals surface area contributed by atoms with Gasteiger partial charge < -0.3 is 5.73 Å². The second kappa shape index (κ2) is 6.99. The van der Waals surface area contributed by atoms with Crippen molar-refractivity contribution < 1.29 is 0 Å². The summed E-state index contributed by atoms with van der Waals surface area (Å²) in [7, 11) is 0. The predicted octanol–water partition coefficient (Wildman–Crippen LogP) is 3.86. The van der Waals surface area contributed by atoms with Crippen molar-refractivity contribution in [3.63, 3.8) is 0 Å². The summed E-state index contributed by atoms with van der Waals surface area (Å²) in [4.78, 5) is 2.29. The molecule has 1 aliphatic carbocycles. The summed E-state index contributed by atoms with van der Waals surface area (Å²) in [6, 6.07) is 13.7. The lowest BCUT2D eigenvalue weighted by atomic mass is 9.58. The van der Waals surface area contributed by atoms with Gasteiger partial charge >= 0.3 is 0 Å². The van der Waals surface area contributed by atoms with Crippen LogP contribution in [0.3, 0.4) is 0 Å². The Morgan fingerprint density at radius 2 is 1.89 bits per heavy atom. The minimum Gasteiger partial charge on any atom is -0.399 e. The smallest absolute Gasteiger partial charge is 0.191 e. The van der Waals surface area contributed by atoms with Crippen LogP contribution in [0.25, 0.3) is 0 Å². The van der Waals surface area contributed by atoms with Gasteiger partial charge in [-0.25, -0.2) is 0 Å². The van der Waals surface area contributed by atoms with Gasteiger partial charge in [0.15, 0.2) is 5.41 Å². The molecule has 0 radical (unpaired) electrons. The lowest BCUT2D eigenvalue weighted by Gasteiger charge is -2.48. The molecule has 6 heteroatoms. The van der Waals surface area contributed by atoms with E-state index in [-0.39, 0.29) is 22.7 Å². The number of fused-ring (bicyclic) bond motifs is 1. The third-order valence-corrected chi connectivity index (χ3v) is 6.06. The van der Waals surface area contributed by atoms with E-state index in [1.165, 1.54) is 0 Å². The summed E-state index contributed by atoms with van der Waals surface area (Å²) in [6.45, 7) is 7.68. The van der Waals surface area contributed by atoms with Gasteiger partial charge in [-0.3, -0.25) is 4.90 Å². The Morgan fingerprint density at radius 1 is 1.21 bits per heavy atom. The lowest BCUT2D eigenvalue weighted by molar-refractivity contribution is 0.110. The van der Waals surface area contributed by atoms with Crippen LogP contribution in [-0.2, 0) is 0 Å². The number of nitrogens with zero attached hydrogens (tertiary/aromatic N) is 4. The highest BCUT2D eigenvalue weighted by molar-refractivity contribution is 6.30. The van der Waals surface area contributed by atoms with Gasteiger partial charge in [0, 0.05) is 35.5 Å². The minimum atomic E-state index is -1.63. The van der Waals surface area contributed by atoms with Crippen LogP contribution in [0, 0.1) is 45.3 Å². The van der Waals surface area contributed by atoms with Crippen molar-refractivity contribution in [3.05, 3.63) is 57.8 Å². The molecule has 2 N–H and O–H groups in total. The average molecular weight is 392 g/mol. The van der Waals surface area contributed by atoms with Crippen molar-refractivity contribution >= 4 is 11.6 Å². The standard InChI is InChI=1S/C22H22ClN5/c1-21(2,3)28-8-7-16-17(10-24)20(27)22(12-25,13-26)19(18(16)11-28)14-5-4-6-15(23)9-14/h4-7,9,18-19H,8,11,27H2,1-3H3/t18-,19+/m0/s1. The number of nitrogens with two attached hydrogens (primary N) is 1. The van der Waals surface area contributed by atoms with Crippen molar-refractivity contribution in [2.75, 3.05) is 13.1 Å². The first kappa shape index (κ1) is 20.0. The van der Waals surface area contributed by atoms with E-state index in [0.29, 0.717) is 18.1 Å². The van der Waals surface area contributed by atoms with Gasteiger partial charge in [-0.2, -0.15) is 15.8 Å². The molecule has 1 aliphatic heterocycles. The summed E-state index contributed by atoms with van der Waals surface area (Å²) in [6.07, 6.45) is 2.01. The predicted molar refractivity (Wildman–Crippen MR) is 108 cm³/mol. The molecule has 0 bridgehead atoms. The molecule has 5 nitrogen and oxygen atoms in total. The Hall–Kier alpha value is -2.78. The summed E-state index contributed by atoms with van der Waals surface area (Å²) in [5, 5.41) is 30.5. The number of hydrogen-bond acceptors (Lipinski definition) is 5. The van der Waals surface area contributed by atoms with E-state index in [4.69, 9.17) is 17.3 Å². The third-order valence-electron chi connectivity index (χ3n) is 5.82. The van der Waals surface area contributed by atoms with Crippen LogP contribution >= 0.6 is 11.6 Å². The zero-order valence-electron chi connectivity index (χ0n) is 16.2. The molecular formula is C22H22ClN5. The molecule has 0 saturated heterocycles. The fourth-order valence-corrected chi connectivity index (χ4v) is 4.50. The van der Waals surface area contributed by atoms with Crippen LogP contribution in [0.15, 0.2) is 47.2 Å². The highest BCUT2D eigenvalue weighted by Gasteiger charge is 2.54. The van der Waals surface area contributed by atoms with Gasteiger partial charge in [0.05, 0.1) is 23.4 Å². The van der Waals surface area contributed by atoms with Gasteiger partial charge in [-0.15, -0.1) is 0 Å². The molecule has 3 rings (SSSR count). The highest BCUT2D eigenvalue weighted by Crippen LogP contribution is 2.54. The molecule has 2 atom stereocenters. The SMILES string of the molecule is CC(C)(C)N1CC=C2C(C#N)=C(N)C(C#N)(C#N)[C@H](c3cccc(Cl)c3)[C@H]2C1. The molecule has 0 unspecified atom stereocenters. The third kappa shape index (κ3) is 2.96. The summed E-state index contributed by atoms with van der Waals surface area (Å²) < 4.78 is 0. The molecular weight excluding hydrogens is 370 g/mol.